The van der Waals surface area contributed by atoms with Crippen LogP contribution in [0.25, 0.3) is 0 Å². The van der Waals surface area contributed by atoms with Crippen LogP contribution in [-0.2, 0) is 19.1 Å². The number of rotatable bonds is 43. The smallest absolute Gasteiger partial charge is 0.306 e. The number of nitrogens with one attached hydrogen (secondary N) is 1. The SMILES string of the molecule is CCCCCCCCCOC(=O)CCCCCCCN(CCCCCCCC(=O)OC(CCCCCCCC)CCCCCCCC)CCCNC(=S)N(C)C. The Kier molecular flexibility index (Phi) is 42.1. The van der Waals surface area contributed by atoms with Crippen molar-refractivity contribution in [3.63, 3.8) is 0 Å². The molecule has 0 heterocycles. The molecule has 0 amide bonds. The van der Waals surface area contributed by atoms with Crippen molar-refractivity contribution in [2.45, 2.75) is 245 Å². The molecule has 0 aliphatic rings. The van der Waals surface area contributed by atoms with Gasteiger partial charge in [0.1, 0.15) is 6.10 Å². The van der Waals surface area contributed by atoms with Gasteiger partial charge in [0.25, 0.3) is 0 Å². The second kappa shape index (κ2) is 43.2. The molecule has 0 aromatic carbocycles. The third-order valence-electron chi connectivity index (χ3n) is 11.1. The average Bonchev–Trinajstić information content (AvgIpc) is 3.18. The van der Waals surface area contributed by atoms with Crippen molar-refractivity contribution in [1.82, 2.24) is 15.1 Å². The Hall–Kier alpha value is -1.41. The first-order chi connectivity index (χ1) is 27.3. The van der Waals surface area contributed by atoms with Crippen molar-refractivity contribution in [2.24, 2.45) is 0 Å². The van der Waals surface area contributed by atoms with Gasteiger partial charge in [0, 0.05) is 33.5 Å². The maximum Gasteiger partial charge on any atom is 0.306 e. The summed E-state index contributed by atoms with van der Waals surface area (Å²) in [4.78, 5) is 29.5. The van der Waals surface area contributed by atoms with Gasteiger partial charge >= 0.3 is 11.9 Å². The molecule has 56 heavy (non-hydrogen) atoms. The molecule has 8 heteroatoms. The highest BCUT2D eigenvalue weighted by atomic mass is 32.1. The first kappa shape index (κ1) is 54.6. The second-order valence-electron chi connectivity index (χ2n) is 16.9. The fraction of sp³-hybridized carbons (Fsp3) is 0.938. The predicted octanol–water partition coefficient (Wildman–Crippen LogP) is 13.5. The summed E-state index contributed by atoms with van der Waals surface area (Å²) in [5.74, 6) is 0.00919. The molecule has 0 unspecified atom stereocenters. The maximum absolute atomic E-state index is 12.8. The van der Waals surface area contributed by atoms with Gasteiger partial charge in [-0.25, -0.2) is 0 Å². The lowest BCUT2D eigenvalue weighted by Crippen LogP contribution is -2.36. The minimum atomic E-state index is -0.0179. The molecule has 0 aliphatic heterocycles. The van der Waals surface area contributed by atoms with Gasteiger partial charge in [-0.05, 0) is 96.1 Å². The molecule has 7 nitrogen and oxygen atoms in total. The highest BCUT2D eigenvalue weighted by Gasteiger charge is 2.14. The molecule has 0 bridgehead atoms. The Balaban J connectivity index is 4.35. The van der Waals surface area contributed by atoms with E-state index in [1.807, 2.05) is 19.0 Å². The number of nitrogens with zero attached hydrogens (tertiary/aromatic N) is 2. The topological polar surface area (TPSA) is 71.1 Å². The average molecular weight is 810 g/mol. The molecule has 0 spiro atoms. The summed E-state index contributed by atoms with van der Waals surface area (Å²) >= 11 is 5.41. The zero-order valence-corrected chi connectivity index (χ0v) is 38.9. The monoisotopic (exact) mass is 810 g/mol. The molecule has 0 saturated heterocycles. The van der Waals surface area contributed by atoms with Crippen LogP contribution in [0.15, 0.2) is 0 Å². The number of carbonyl (C=O) groups is 2. The van der Waals surface area contributed by atoms with Gasteiger partial charge in [0.2, 0.25) is 0 Å². The van der Waals surface area contributed by atoms with Crippen LogP contribution in [0.4, 0.5) is 0 Å². The molecule has 1 N–H and O–H groups in total. The van der Waals surface area contributed by atoms with Crippen LogP contribution in [-0.4, -0.2) is 79.8 Å². The van der Waals surface area contributed by atoms with Crippen molar-refractivity contribution in [2.75, 3.05) is 46.9 Å². The minimum Gasteiger partial charge on any atom is -0.466 e. The van der Waals surface area contributed by atoms with Crippen molar-refractivity contribution >= 4 is 29.3 Å². The summed E-state index contributed by atoms with van der Waals surface area (Å²) in [6.07, 6.45) is 39.8. The van der Waals surface area contributed by atoms with E-state index in [0.29, 0.717) is 19.4 Å². The van der Waals surface area contributed by atoms with E-state index in [1.165, 1.54) is 154 Å². The third kappa shape index (κ3) is 39.4. The first-order valence-electron chi connectivity index (χ1n) is 24.4. The van der Waals surface area contributed by atoms with Crippen LogP contribution in [0, 0.1) is 0 Å². The van der Waals surface area contributed by atoms with Gasteiger partial charge in [-0.15, -0.1) is 0 Å². The zero-order valence-electron chi connectivity index (χ0n) is 38.1. The highest BCUT2D eigenvalue weighted by molar-refractivity contribution is 7.80. The molecule has 0 aromatic heterocycles. The van der Waals surface area contributed by atoms with Gasteiger partial charge in [0.15, 0.2) is 5.11 Å². The molecular formula is C48H95N3O4S. The summed E-state index contributed by atoms with van der Waals surface area (Å²) in [6.45, 7) is 11.6. The van der Waals surface area contributed by atoms with Crippen LogP contribution < -0.4 is 5.32 Å². The Bertz CT molecular complexity index is 857. The standard InChI is InChI=1S/C48H95N3O4S/c1-6-9-12-15-18-27-34-44-54-46(52)38-30-23-19-25-32-41-51(43-35-40-49-48(56)50(4)5)42-33-26-20-24-31-39-47(53)55-45(36-28-21-16-13-10-7-2)37-29-22-17-14-11-8-3/h45H,6-44H2,1-5H3,(H,49,56). The molecule has 0 radical (unpaired) electrons. The molecule has 0 saturated carbocycles. The van der Waals surface area contributed by atoms with E-state index in [-0.39, 0.29) is 18.0 Å². The molecule has 0 rings (SSSR count). The number of unbranched alkanes of at least 4 members (excludes halogenated alkanes) is 24. The Labute approximate surface area is 354 Å². The van der Waals surface area contributed by atoms with Gasteiger partial charge in [-0.3, -0.25) is 9.59 Å². The maximum atomic E-state index is 12.8. The summed E-state index contributed by atoms with van der Waals surface area (Å²) in [7, 11) is 3.96. The number of thiocarbonyl (C=S) groups is 1. The van der Waals surface area contributed by atoms with E-state index in [9.17, 15) is 9.59 Å². The fourth-order valence-electron chi connectivity index (χ4n) is 7.39. The van der Waals surface area contributed by atoms with E-state index in [0.717, 1.165) is 82.7 Å². The van der Waals surface area contributed by atoms with Crippen molar-refractivity contribution in [3.05, 3.63) is 0 Å². The molecule has 332 valence electrons. The van der Waals surface area contributed by atoms with Gasteiger partial charge in [-0.2, -0.15) is 0 Å². The number of hydrogen-bond donors (Lipinski definition) is 1. The van der Waals surface area contributed by atoms with Gasteiger partial charge < -0.3 is 24.6 Å². The zero-order chi connectivity index (χ0) is 41.2. The number of esters is 2. The number of ether oxygens (including phenoxy) is 2. The van der Waals surface area contributed by atoms with E-state index in [4.69, 9.17) is 21.7 Å². The largest absolute Gasteiger partial charge is 0.466 e. The van der Waals surface area contributed by atoms with Crippen LogP contribution >= 0.6 is 12.2 Å². The highest BCUT2D eigenvalue weighted by Crippen LogP contribution is 2.19. The van der Waals surface area contributed by atoms with E-state index >= 15 is 0 Å². The van der Waals surface area contributed by atoms with Gasteiger partial charge in [0.05, 0.1) is 6.61 Å². The molecule has 0 fully saturated rings. The first-order valence-corrected chi connectivity index (χ1v) is 24.8. The van der Waals surface area contributed by atoms with E-state index in [1.54, 1.807) is 0 Å². The van der Waals surface area contributed by atoms with Crippen molar-refractivity contribution < 1.29 is 19.1 Å². The van der Waals surface area contributed by atoms with Crippen LogP contribution in [0.1, 0.15) is 239 Å². The Morgan fingerprint density at radius 2 is 0.893 bits per heavy atom. The second-order valence-corrected chi connectivity index (χ2v) is 17.3. The van der Waals surface area contributed by atoms with Gasteiger partial charge in [-0.1, -0.05) is 162 Å². The quantitative estimate of drug-likeness (QED) is 0.0371. The van der Waals surface area contributed by atoms with E-state index in [2.05, 4.69) is 31.0 Å². The number of hydrogen-bond acceptors (Lipinski definition) is 6. The lowest BCUT2D eigenvalue weighted by atomic mass is 10.0. The third-order valence-corrected chi connectivity index (χ3v) is 11.6. The Morgan fingerprint density at radius 3 is 1.38 bits per heavy atom. The minimum absolute atomic E-state index is 0.0179. The molecule has 0 aromatic rings. The van der Waals surface area contributed by atoms with Crippen LogP contribution in [0.2, 0.25) is 0 Å². The Morgan fingerprint density at radius 1 is 0.500 bits per heavy atom. The summed E-state index contributed by atoms with van der Waals surface area (Å²) < 4.78 is 11.5. The van der Waals surface area contributed by atoms with Crippen molar-refractivity contribution in [1.29, 1.82) is 0 Å². The predicted molar refractivity (Wildman–Crippen MR) is 246 cm³/mol. The van der Waals surface area contributed by atoms with E-state index < -0.39 is 0 Å². The number of carbonyl (C=O) groups excluding carboxylic acids is 2. The molecule has 0 atom stereocenters. The summed E-state index contributed by atoms with van der Waals surface area (Å²) in [6, 6.07) is 0. The lowest BCUT2D eigenvalue weighted by molar-refractivity contribution is -0.150. The van der Waals surface area contributed by atoms with Crippen molar-refractivity contribution in [3.8, 4) is 0 Å². The molecular weight excluding hydrogens is 715 g/mol. The summed E-state index contributed by atoms with van der Waals surface area (Å²) in [5, 5.41) is 4.17. The van der Waals surface area contributed by atoms with Crippen LogP contribution in [0.5, 0.6) is 0 Å². The summed E-state index contributed by atoms with van der Waals surface area (Å²) in [5.41, 5.74) is 0. The normalized spacial score (nSPS) is 11.4. The fourth-order valence-corrected chi connectivity index (χ4v) is 7.49. The lowest BCUT2D eigenvalue weighted by Gasteiger charge is -2.23. The molecule has 0 aliphatic carbocycles. The van der Waals surface area contributed by atoms with Crippen LogP contribution in [0.3, 0.4) is 0 Å².